The highest BCUT2D eigenvalue weighted by molar-refractivity contribution is 6.34. The lowest BCUT2D eigenvalue weighted by atomic mass is 9.76. The number of aliphatic carboxylic acids is 1. The topological polar surface area (TPSA) is 40.5 Å². The molecule has 2 rings (SSSR count). The van der Waals surface area contributed by atoms with Crippen LogP contribution in [0.2, 0.25) is 10.0 Å². The van der Waals surface area contributed by atoms with Crippen molar-refractivity contribution in [1.82, 2.24) is 4.90 Å². The van der Waals surface area contributed by atoms with Gasteiger partial charge in [-0.25, -0.2) is 0 Å². The van der Waals surface area contributed by atoms with Gasteiger partial charge >= 0.3 is 5.97 Å². The SMILES string of the molecule is CC(C)C1(C(=O)O)CCN(Cc2cc(Cl)cc(Cl)c2)C1. The Morgan fingerprint density at radius 1 is 1.35 bits per heavy atom. The number of hydrogen-bond acceptors (Lipinski definition) is 2. The van der Waals surface area contributed by atoms with Gasteiger partial charge in [-0.05, 0) is 42.6 Å². The zero-order chi connectivity index (χ0) is 14.9. The fourth-order valence-electron chi connectivity index (χ4n) is 2.90. The Morgan fingerprint density at radius 3 is 2.40 bits per heavy atom. The molecule has 1 saturated heterocycles. The first-order valence-electron chi connectivity index (χ1n) is 6.74. The van der Waals surface area contributed by atoms with Crippen molar-refractivity contribution in [3.8, 4) is 0 Å². The number of hydrogen-bond donors (Lipinski definition) is 1. The first-order valence-corrected chi connectivity index (χ1v) is 7.50. The molecule has 1 unspecified atom stereocenters. The van der Waals surface area contributed by atoms with E-state index in [0.717, 1.165) is 12.1 Å². The van der Waals surface area contributed by atoms with Crippen LogP contribution in [0, 0.1) is 11.3 Å². The van der Waals surface area contributed by atoms with Gasteiger partial charge in [-0.3, -0.25) is 9.69 Å². The molecule has 0 spiro atoms. The second kappa shape index (κ2) is 5.92. The number of benzene rings is 1. The summed E-state index contributed by atoms with van der Waals surface area (Å²) in [5.41, 5.74) is 0.384. The summed E-state index contributed by atoms with van der Waals surface area (Å²) in [7, 11) is 0. The number of carboxylic acid groups (broad SMARTS) is 1. The summed E-state index contributed by atoms with van der Waals surface area (Å²) in [6, 6.07) is 5.46. The largest absolute Gasteiger partial charge is 0.481 e. The van der Waals surface area contributed by atoms with E-state index >= 15 is 0 Å². The maximum atomic E-state index is 11.6. The molecule has 1 atom stereocenters. The minimum Gasteiger partial charge on any atom is -0.481 e. The van der Waals surface area contributed by atoms with Crippen LogP contribution in [-0.2, 0) is 11.3 Å². The molecule has 0 aliphatic carbocycles. The molecule has 1 aromatic rings. The van der Waals surface area contributed by atoms with Crippen LogP contribution in [0.4, 0.5) is 0 Å². The van der Waals surface area contributed by atoms with Gasteiger partial charge in [0.25, 0.3) is 0 Å². The normalized spacial score (nSPS) is 23.4. The molecule has 1 aromatic carbocycles. The summed E-state index contributed by atoms with van der Waals surface area (Å²) >= 11 is 12.0. The molecule has 0 radical (unpaired) electrons. The highest BCUT2D eigenvalue weighted by Crippen LogP contribution is 2.38. The van der Waals surface area contributed by atoms with Gasteiger partial charge in [0.1, 0.15) is 0 Å². The molecule has 0 aromatic heterocycles. The lowest BCUT2D eigenvalue weighted by Crippen LogP contribution is -2.39. The Bertz CT molecular complexity index is 498. The predicted octanol–water partition coefficient (Wildman–Crippen LogP) is 3.93. The van der Waals surface area contributed by atoms with Gasteiger partial charge in [-0.1, -0.05) is 37.0 Å². The summed E-state index contributed by atoms with van der Waals surface area (Å²) < 4.78 is 0. The van der Waals surface area contributed by atoms with Gasteiger partial charge in [0.15, 0.2) is 0 Å². The number of nitrogens with zero attached hydrogens (tertiary/aromatic N) is 1. The van der Waals surface area contributed by atoms with Crippen molar-refractivity contribution >= 4 is 29.2 Å². The summed E-state index contributed by atoms with van der Waals surface area (Å²) in [5, 5.41) is 10.8. The second-order valence-corrected chi connectivity index (χ2v) is 6.73. The Morgan fingerprint density at radius 2 is 1.95 bits per heavy atom. The number of likely N-dealkylation sites (tertiary alicyclic amines) is 1. The molecule has 1 N–H and O–H groups in total. The van der Waals surface area contributed by atoms with Crippen LogP contribution in [0.5, 0.6) is 0 Å². The lowest BCUT2D eigenvalue weighted by molar-refractivity contribution is -0.151. The molecule has 0 bridgehead atoms. The van der Waals surface area contributed by atoms with E-state index in [2.05, 4.69) is 4.90 Å². The van der Waals surface area contributed by atoms with Gasteiger partial charge in [0.2, 0.25) is 0 Å². The fraction of sp³-hybridized carbons (Fsp3) is 0.533. The van der Waals surface area contributed by atoms with Crippen molar-refractivity contribution in [2.45, 2.75) is 26.8 Å². The standard InChI is InChI=1S/C15H19Cl2NO2/c1-10(2)15(14(19)20)3-4-18(9-15)8-11-5-12(16)7-13(17)6-11/h5-7,10H,3-4,8-9H2,1-2H3,(H,19,20). The molecule has 110 valence electrons. The van der Waals surface area contributed by atoms with Gasteiger partial charge in [0, 0.05) is 23.1 Å². The predicted molar refractivity (Wildman–Crippen MR) is 81.3 cm³/mol. The monoisotopic (exact) mass is 315 g/mol. The average molecular weight is 316 g/mol. The third-order valence-electron chi connectivity index (χ3n) is 4.24. The van der Waals surface area contributed by atoms with E-state index in [4.69, 9.17) is 23.2 Å². The number of carbonyl (C=O) groups is 1. The van der Waals surface area contributed by atoms with E-state index < -0.39 is 11.4 Å². The van der Waals surface area contributed by atoms with Crippen LogP contribution in [0.15, 0.2) is 18.2 Å². The van der Waals surface area contributed by atoms with E-state index in [1.54, 1.807) is 6.07 Å². The Labute approximate surface area is 129 Å². The summed E-state index contributed by atoms with van der Waals surface area (Å²) in [6.45, 7) is 6.00. The Balaban J connectivity index is 2.11. The second-order valence-electron chi connectivity index (χ2n) is 5.85. The number of halogens is 2. The molecule has 1 aliphatic heterocycles. The third kappa shape index (κ3) is 3.11. The van der Waals surface area contributed by atoms with E-state index in [1.165, 1.54) is 0 Å². The van der Waals surface area contributed by atoms with Crippen molar-refractivity contribution in [3.05, 3.63) is 33.8 Å². The van der Waals surface area contributed by atoms with Crippen LogP contribution in [0.1, 0.15) is 25.8 Å². The minimum absolute atomic E-state index is 0.118. The van der Waals surface area contributed by atoms with Crippen LogP contribution < -0.4 is 0 Å². The Hall–Kier alpha value is -0.770. The summed E-state index contributed by atoms with van der Waals surface area (Å²) in [4.78, 5) is 13.8. The van der Waals surface area contributed by atoms with Gasteiger partial charge in [-0.2, -0.15) is 0 Å². The molecule has 3 nitrogen and oxygen atoms in total. The van der Waals surface area contributed by atoms with Crippen molar-refractivity contribution in [3.63, 3.8) is 0 Å². The van der Waals surface area contributed by atoms with Crippen LogP contribution in [0.3, 0.4) is 0 Å². The van der Waals surface area contributed by atoms with Crippen LogP contribution >= 0.6 is 23.2 Å². The summed E-state index contributed by atoms with van der Waals surface area (Å²) in [5.74, 6) is -0.577. The van der Waals surface area contributed by atoms with Gasteiger partial charge in [0.05, 0.1) is 5.41 Å². The number of carboxylic acids is 1. The average Bonchev–Trinajstić information content (AvgIpc) is 2.72. The van der Waals surface area contributed by atoms with Crippen molar-refractivity contribution in [2.75, 3.05) is 13.1 Å². The quantitative estimate of drug-likeness (QED) is 0.915. The third-order valence-corrected chi connectivity index (χ3v) is 4.68. The molecule has 1 aliphatic rings. The number of rotatable bonds is 4. The van der Waals surface area contributed by atoms with E-state index in [9.17, 15) is 9.90 Å². The molecule has 1 heterocycles. The van der Waals surface area contributed by atoms with E-state index in [1.807, 2.05) is 26.0 Å². The zero-order valence-corrected chi connectivity index (χ0v) is 13.2. The van der Waals surface area contributed by atoms with Crippen LogP contribution in [0.25, 0.3) is 0 Å². The van der Waals surface area contributed by atoms with Crippen LogP contribution in [-0.4, -0.2) is 29.1 Å². The maximum absolute atomic E-state index is 11.6. The highest BCUT2D eigenvalue weighted by Gasteiger charge is 2.47. The molecule has 1 fully saturated rings. The first-order chi connectivity index (χ1) is 9.33. The Kier molecular flexibility index (Phi) is 4.62. The van der Waals surface area contributed by atoms with E-state index in [0.29, 0.717) is 29.6 Å². The molecule has 0 saturated carbocycles. The zero-order valence-electron chi connectivity index (χ0n) is 11.7. The molecular weight excluding hydrogens is 297 g/mol. The van der Waals surface area contributed by atoms with Crippen molar-refractivity contribution in [2.24, 2.45) is 11.3 Å². The lowest BCUT2D eigenvalue weighted by Gasteiger charge is -2.28. The molecular formula is C15H19Cl2NO2. The molecule has 5 heteroatoms. The van der Waals surface area contributed by atoms with Crippen molar-refractivity contribution in [1.29, 1.82) is 0 Å². The van der Waals surface area contributed by atoms with Crippen molar-refractivity contribution < 1.29 is 9.90 Å². The van der Waals surface area contributed by atoms with Gasteiger partial charge < -0.3 is 5.11 Å². The minimum atomic E-state index is -0.695. The maximum Gasteiger partial charge on any atom is 0.311 e. The first kappa shape index (κ1) is 15.6. The summed E-state index contributed by atoms with van der Waals surface area (Å²) in [6.07, 6.45) is 0.689. The smallest absolute Gasteiger partial charge is 0.311 e. The van der Waals surface area contributed by atoms with Gasteiger partial charge in [-0.15, -0.1) is 0 Å². The van der Waals surface area contributed by atoms with E-state index in [-0.39, 0.29) is 5.92 Å². The molecule has 20 heavy (non-hydrogen) atoms. The molecule has 0 amide bonds. The fourth-order valence-corrected chi connectivity index (χ4v) is 3.47. The highest BCUT2D eigenvalue weighted by atomic mass is 35.5.